The van der Waals surface area contributed by atoms with Crippen molar-refractivity contribution in [2.75, 3.05) is 19.0 Å². The van der Waals surface area contributed by atoms with Crippen LogP contribution >= 0.6 is 12.6 Å². The van der Waals surface area contributed by atoms with E-state index in [2.05, 4.69) is 70.6 Å². The van der Waals surface area contributed by atoms with E-state index in [1.54, 1.807) is 0 Å². The largest absolute Gasteiger partial charge is 0.377 e. The van der Waals surface area contributed by atoms with Crippen LogP contribution < -0.4 is 4.90 Å². The molecule has 0 aromatic heterocycles. The Kier molecular flexibility index (Phi) is 4.09. The Hall–Kier alpha value is -0.630. The van der Waals surface area contributed by atoms with Crippen LogP contribution in [0.15, 0.2) is 18.2 Å². The third-order valence-electron chi connectivity index (χ3n) is 2.64. The molecule has 0 amide bonds. The number of hydrogen-bond donors (Lipinski definition) is 1. The Morgan fingerprint density at radius 1 is 1.13 bits per heavy atom. The molecule has 2 heteroatoms. The number of anilines is 1. The van der Waals surface area contributed by atoms with Crippen LogP contribution in [0.1, 0.15) is 43.1 Å². The van der Waals surface area contributed by atoms with Crippen molar-refractivity contribution >= 4 is 18.3 Å². The van der Waals surface area contributed by atoms with Gasteiger partial charge in [-0.05, 0) is 30.0 Å². The fraction of sp³-hybridized carbons (Fsp3) is 0.538. The third kappa shape index (κ3) is 2.91. The minimum absolute atomic E-state index is 0.296. The van der Waals surface area contributed by atoms with Crippen molar-refractivity contribution in [3.8, 4) is 0 Å². The number of thiol groups is 1. The molecule has 1 aromatic rings. The Labute approximate surface area is 98.9 Å². The summed E-state index contributed by atoms with van der Waals surface area (Å²) in [5.41, 5.74) is 3.99. The van der Waals surface area contributed by atoms with Gasteiger partial charge in [-0.25, -0.2) is 0 Å². The second-order valence-electron chi connectivity index (χ2n) is 4.54. The number of benzene rings is 1. The maximum atomic E-state index is 4.47. The van der Waals surface area contributed by atoms with E-state index in [-0.39, 0.29) is 0 Å². The number of nitrogens with zero attached hydrogens (tertiary/aromatic N) is 1. The zero-order chi connectivity index (χ0) is 11.6. The molecular formula is C13H21NS. The highest BCUT2D eigenvalue weighted by Crippen LogP contribution is 2.30. The predicted octanol–water partition coefficient (Wildman–Crippen LogP) is 3.87. The lowest BCUT2D eigenvalue weighted by Crippen LogP contribution is -2.12. The van der Waals surface area contributed by atoms with Crippen LogP contribution in [0.2, 0.25) is 0 Å². The molecule has 84 valence electrons. The third-order valence-corrected chi connectivity index (χ3v) is 2.94. The van der Waals surface area contributed by atoms with Crippen molar-refractivity contribution in [2.24, 2.45) is 0 Å². The van der Waals surface area contributed by atoms with Crippen LogP contribution in [0.4, 0.5) is 5.69 Å². The average molecular weight is 223 g/mol. The van der Waals surface area contributed by atoms with E-state index in [4.69, 9.17) is 0 Å². The summed E-state index contributed by atoms with van der Waals surface area (Å²) in [6.07, 6.45) is 0. The maximum absolute atomic E-state index is 4.47. The molecule has 0 spiro atoms. The van der Waals surface area contributed by atoms with E-state index in [1.807, 2.05) is 0 Å². The molecule has 1 unspecified atom stereocenters. The molecule has 1 nitrogen and oxygen atoms in total. The molecule has 0 N–H and O–H groups in total. The molecule has 0 heterocycles. The molecule has 0 saturated heterocycles. The van der Waals surface area contributed by atoms with E-state index in [0.29, 0.717) is 11.2 Å². The van der Waals surface area contributed by atoms with E-state index in [0.717, 1.165) is 0 Å². The fourth-order valence-corrected chi connectivity index (χ4v) is 1.86. The lowest BCUT2D eigenvalue weighted by Gasteiger charge is -2.21. The molecule has 0 bridgehead atoms. The van der Waals surface area contributed by atoms with Gasteiger partial charge in [0.1, 0.15) is 0 Å². The van der Waals surface area contributed by atoms with Gasteiger partial charge < -0.3 is 4.90 Å². The first-order valence-corrected chi connectivity index (χ1v) is 5.94. The maximum Gasteiger partial charge on any atom is 0.0399 e. The summed E-state index contributed by atoms with van der Waals surface area (Å²) in [6.45, 7) is 6.56. The first-order valence-electron chi connectivity index (χ1n) is 5.42. The summed E-state index contributed by atoms with van der Waals surface area (Å²) >= 11 is 4.47. The van der Waals surface area contributed by atoms with Gasteiger partial charge in [-0.3, -0.25) is 0 Å². The molecule has 0 saturated carbocycles. The number of hydrogen-bond acceptors (Lipinski definition) is 2. The zero-order valence-electron chi connectivity index (χ0n) is 10.3. The number of rotatable bonds is 3. The quantitative estimate of drug-likeness (QED) is 0.761. The van der Waals surface area contributed by atoms with Crippen molar-refractivity contribution in [3.05, 3.63) is 29.3 Å². The van der Waals surface area contributed by atoms with Crippen molar-refractivity contribution in [1.82, 2.24) is 0 Å². The summed E-state index contributed by atoms with van der Waals surface area (Å²) in [5.74, 6) is 0.562. The zero-order valence-corrected chi connectivity index (χ0v) is 11.2. The Morgan fingerprint density at radius 3 is 2.13 bits per heavy atom. The van der Waals surface area contributed by atoms with Crippen molar-refractivity contribution in [1.29, 1.82) is 0 Å². The summed E-state index contributed by atoms with van der Waals surface area (Å²) in [7, 11) is 4.18. The molecule has 1 rings (SSSR count). The smallest absolute Gasteiger partial charge is 0.0399 e. The van der Waals surface area contributed by atoms with Crippen LogP contribution in [-0.4, -0.2) is 14.1 Å². The van der Waals surface area contributed by atoms with Crippen LogP contribution in [-0.2, 0) is 0 Å². The lowest BCUT2D eigenvalue weighted by atomic mass is 9.98. The van der Waals surface area contributed by atoms with Gasteiger partial charge in [-0.1, -0.05) is 26.0 Å². The van der Waals surface area contributed by atoms with Gasteiger partial charge in [0, 0.05) is 25.0 Å². The van der Waals surface area contributed by atoms with Crippen molar-refractivity contribution in [3.63, 3.8) is 0 Å². The van der Waals surface area contributed by atoms with Crippen molar-refractivity contribution < 1.29 is 0 Å². The van der Waals surface area contributed by atoms with Crippen LogP contribution in [0, 0.1) is 0 Å². The highest BCUT2D eigenvalue weighted by Gasteiger charge is 2.10. The molecule has 1 atom stereocenters. The van der Waals surface area contributed by atoms with Gasteiger partial charge in [0.05, 0.1) is 0 Å². The Balaban J connectivity index is 3.21. The highest BCUT2D eigenvalue weighted by atomic mass is 32.1. The minimum Gasteiger partial charge on any atom is -0.377 e. The van der Waals surface area contributed by atoms with E-state index in [9.17, 15) is 0 Å². The van der Waals surface area contributed by atoms with Crippen LogP contribution in [0.5, 0.6) is 0 Å². The van der Waals surface area contributed by atoms with Gasteiger partial charge in [0.25, 0.3) is 0 Å². The molecule has 0 aliphatic carbocycles. The van der Waals surface area contributed by atoms with Gasteiger partial charge in [-0.2, -0.15) is 12.6 Å². The monoisotopic (exact) mass is 223 g/mol. The van der Waals surface area contributed by atoms with E-state index in [1.165, 1.54) is 16.8 Å². The van der Waals surface area contributed by atoms with Crippen LogP contribution in [0.25, 0.3) is 0 Å². The molecule has 15 heavy (non-hydrogen) atoms. The lowest BCUT2D eigenvalue weighted by molar-refractivity contribution is 0.856. The topological polar surface area (TPSA) is 3.24 Å². The molecule has 0 fully saturated rings. The van der Waals surface area contributed by atoms with Gasteiger partial charge in [0.2, 0.25) is 0 Å². The molecule has 1 aromatic carbocycles. The van der Waals surface area contributed by atoms with Gasteiger partial charge >= 0.3 is 0 Å². The summed E-state index contributed by atoms with van der Waals surface area (Å²) in [6, 6.07) is 6.65. The first kappa shape index (κ1) is 12.4. The standard InChI is InChI=1S/C13H21NS/c1-9(2)12-7-6-11(10(3)15)8-13(12)14(4)5/h6-10,15H,1-5H3. The SMILES string of the molecule is CC(C)c1ccc(C(C)S)cc1N(C)C. The summed E-state index contributed by atoms with van der Waals surface area (Å²) in [5, 5.41) is 0.296. The second-order valence-corrected chi connectivity index (χ2v) is 5.32. The van der Waals surface area contributed by atoms with Gasteiger partial charge in [0.15, 0.2) is 0 Å². The minimum atomic E-state index is 0.296. The summed E-state index contributed by atoms with van der Waals surface area (Å²) < 4.78 is 0. The first-order chi connectivity index (χ1) is 6.93. The molecule has 0 aliphatic rings. The van der Waals surface area contributed by atoms with E-state index >= 15 is 0 Å². The Morgan fingerprint density at radius 2 is 1.73 bits per heavy atom. The van der Waals surface area contributed by atoms with E-state index < -0.39 is 0 Å². The normalized spacial score (nSPS) is 13.0. The molecular weight excluding hydrogens is 202 g/mol. The molecule has 0 radical (unpaired) electrons. The Bertz CT molecular complexity index is 329. The van der Waals surface area contributed by atoms with Crippen molar-refractivity contribution in [2.45, 2.75) is 31.9 Å². The highest BCUT2D eigenvalue weighted by molar-refractivity contribution is 7.80. The fourth-order valence-electron chi connectivity index (χ4n) is 1.70. The molecule has 0 aliphatic heterocycles. The average Bonchev–Trinajstić information content (AvgIpc) is 2.16. The second kappa shape index (κ2) is 4.93. The van der Waals surface area contributed by atoms with Crippen LogP contribution in [0.3, 0.4) is 0 Å². The predicted molar refractivity (Wildman–Crippen MR) is 72.3 cm³/mol. The van der Waals surface area contributed by atoms with Gasteiger partial charge in [-0.15, -0.1) is 0 Å². The summed E-state index contributed by atoms with van der Waals surface area (Å²) in [4.78, 5) is 2.18.